The van der Waals surface area contributed by atoms with Crippen LogP contribution in [0.15, 0.2) is 9.98 Å². The van der Waals surface area contributed by atoms with Crippen LogP contribution < -0.4 is 0 Å². The summed E-state index contributed by atoms with van der Waals surface area (Å²) in [5.41, 5.74) is 0.258. The predicted molar refractivity (Wildman–Crippen MR) is 67.5 cm³/mol. The average Bonchev–Trinajstić information content (AvgIpc) is 2.12. The van der Waals surface area contributed by atoms with Gasteiger partial charge in [-0.05, 0) is 42.3 Å². The van der Waals surface area contributed by atoms with Gasteiger partial charge in [0.25, 0.3) is 0 Å². The molecule has 0 radical (unpaired) electrons. The van der Waals surface area contributed by atoms with Crippen LogP contribution in [0.25, 0.3) is 0 Å². The lowest BCUT2D eigenvalue weighted by Gasteiger charge is -2.44. The summed E-state index contributed by atoms with van der Waals surface area (Å²) in [6, 6.07) is 0.0755. The van der Waals surface area contributed by atoms with Gasteiger partial charge in [-0.3, -0.25) is 0 Å². The summed E-state index contributed by atoms with van der Waals surface area (Å²) in [5, 5.41) is 2.41. The standard InChI is InChI=1S/C12H18N2OS/c1-11(2)4-10(14-8-15)5-12(3,6-11)7-13-9-16/h10H,4-7H2,1-3H3. The number of carbonyl (C=O) groups excluding carboxylic acids is 1. The van der Waals surface area contributed by atoms with Crippen LogP contribution in [0.1, 0.15) is 40.0 Å². The van der Waals surface area contributed by atoms with E-state index < -0.39 is 0 Å². The van der Waals surface area contributed by atoms with Crippen molar-refractivity contribution in [3.05, 3.63) is 0 Å². The summed E-state index contributed by atoms with van der Waals surface area (Å²) in [5.74, 6) is 0. The summed E-state index contributed by atoms with van der Waals surface area (Å²) < 4.78 is 0. The molecule has 88 valence electrons. The first-order valence-electron chi connectivity index (χ1n) is 5.51. The highest BCUT2D eigenvalue weighted by Gasteiger charge is 2.41. The van der Waals surface area contributed by atoms with Gasteiger partial charge in [0, 0.05) is 0 Å². The Morgan fingerprint density at radius 2 is 2.06 bits per heavy atom. The molecule has 4 heteroatoms. The molecule has 16 heavy (non-hydrogen) atoms. The Morgan fingerprint density at radius 1 is 1.38 bits per heavy atom. The Morgan fingerprint density at radius 3 is 2.62 bits per heavy atom. The molecule has 0 aliphatic heterocycles. The molecule has 0 heterocycles. The van der Waals surface area contributed by atoms with Crippen molar-refractivity contribution in [1.82, 2.24) is 0 Å². The van der Waals surface area contributed by atoms with Crippen LogP contribution in [-0.4, -0.2) is 23.8 Å². The largest absolute Gasteiger partial charge is 0.235 e. The average molecular weight is 238 g/mol. The molecule has 1 fully saturated rings. The van der Waals surface area contributed by atoms with Crippen molar-refractivity contribution in [2.45, 2.75) is 46.1 Å². The highest BCUT2D eigenvalue weighted by molar-refractivity contribution is 7.78. The molecular weight excluding hydrogens is 220 g/mol. The first kappa shape index (κ1) is 13.2. The molecule has 0 N–H and O–H groups in total. The smallest absolute Gasteiger partial charge is 0.232 e. The minimum absolute atomic E-state index is 0.0680. The second kappa shape index (κ2) is 5.01. The number of isothiocyanates is 1. The van der Waals surface area contributed by atoms with E-state index >= 15 is 0 Å². The van der Waals surface area contributed by atoms with Crippen LogP contribution in [-0.2, 0) is 4.79 Å². The van der Waals surface area contributed by atoms with Crippen molar-refractivity contribution in [2.75, 3.05) is 6.54 Å². The van der Waals surface area contributed by atoms with E-state index in [1.165, 1.54) is 0 Å². The fraction of sp³-hybridized carbons (Fsp3) is 0.833. The maximum atomic E-state index is 10.4. The van der Waals surface area contributed by atoms with E-state index in [9.17, 15) is 4.79 Å². The quantitative estimate of drug-likeness (QED) is 0.431. The van der Waals surface area contributed by atoms with Crippen molar-refractivity contribution in [2.24, 2.45) is 20.8 Å². The van der Waals surface area contributed by atoms with E-state index in [0.717, 1.165) is 19.3 Å². The zero-order chi connectivity index (χ0) is 12.2. The second-order valence-electron chi connectivity index (χ2n) is 5.84. The zero-order valence-electron chi connectivity index (χ0n) is 10.1. The van der Waals surface area contributed by atoms with Gasteiger partial charge >= 0.3 is 0 Å². The number of thiocarbonyl (C=S) groups is 1. The summed E-state index contributed by atoms with van der Waals surface area (Å²) >= 11 is 4.61. The molecule has 0 aromatic rings. The first-order chi connectivity index (χ1) is 7.41. The number of isocyanates is 1. The lowest BCUT2D eigenvalue weighted by Crippen LogP contribution is -2.39. The van der Waals surface area contributed by atoms with Crippen LogP contribution in [0.3, 0.4) is 0 Å². The van der Waals surface area contributed by atoms with E-state index in [-0.39, 0.29) is 16.9 Å². The Hall–Kier alpha value is -0.820. The van der Waals surface area contributed by atoms with E-state index in [4.69, 9.17) is 0 Å². The molecule has 0 spiro atoms. The Kier molecular flexibility index (Phi) is 4.15. The maximum Gasteiger partial charge on any atom is 0.235 e. The molecule has 0 amide bonds. The van der Waals surface area contributed by atoms with E-state index in [1.54, 1.807) is 6.08 Å². The van der Waals surface area contributed by atoms with Crippen LogP contribution in [0.5, 0.6) is 0 Å². The van der Waals surface area contributed by atoms with Gasteiger partial charge in [0.2, 0.25) is 6.08 Å². The molecule has 3 nitrogen and oxygen atoms in total. The highest BCUT2D eigenvalue weighted by Crippen LogP contribution is 2.47. The number of nitrogens with zero attached hydrogens (tertiary/aromatic N) is 2. The van der Waals surface area contributed by atoms with Crippen LogP contribution in [0.4, 0.5) is 0 Å². The highest BCUT2D eigenvalue weighted by atomic mass is 32.1. The summed E-state index contributed by atoms with van der Waals surface area (Å²) in [6.45, 7) is 7.26. The Labute approximate surface area is 102 Å². The molecular formula is C12H18N2OS. The third kappa shape index (κ3) is 3.64. The van der Waals surface area contributed by atoms with Crippen LogP contribution in [0.2, 0.25) is 0 Å². The lowest BCUT2D eigenvalue weighted by molar-refractivity contribution is 0.0917. The molecule has 1 rings (SSSR count). The van der Waals surface area contributed by atoms with E-state index in [2.05, 4.69) is 48.1 Å². The van der Waals surface area contributed by atoms with Crippen molar-refractivity contribution < 1.29 is 4.79 Å². The number of hydrogen-bond acceptors (Lipinski definition) is 4. The summed E-state index contributed by atoms with van der Waals surface area (Å²) in [4.78, 5) is 18.3. The van der Waals surface area contributed by atoms with Gasteiger partial charge < -0.3 is 0 Å². The molecule has 1 saturated carbocycles. The number of hydrogen-bond donors (Lipinski definition) is 0. The molecule has 2 atom stereocenters. The number of rotatable bonds is 3. The summed E-state index contributed by atoms with van der Waals surface area (Å²) in [7, 11) is 0. The SMILES string of the molecule is CC1(C)CC(N=C=O)CC(C)(CN=C=S)C1. The van der Waals surface area contributed by atoms with Gasteiger partial charge in [0.05, 0.1) is 17.7 Å². The second-order valence-corrected chi connectivity index (χ2v) is 6.02. The predicted octanol–water partition coefficient (Wildman–Crippen LogP) is 3.01. The van der Waals surface area contributed by atoms with Gasteiger partial charge in [-0.1, -0.05) is 20.8 Å². The van der Waals surface area contributed by atoms with E-state index in [1.807, 2.05) is 0 Å². The van der Waals surface area contributed by atoms with Gasteiger partial charge in [-0.25, -0.2) is 14.8 Å². The fourth-order valence-electron chi connectivity index (χ4n) is 3.09. The number of aliphatic imine (C=N–C) groups is 2. The first-order valence-corrected chi connectivity index (χ1v) is 5.92. The zero-order valence-corrected chi connectivity index (χ0v) is 10.9. The summed E-state index contributed by atoms with van der Waals surface area (Å²) in [6.07, 6.45) is 4.58. The lowest BCUT2D eigenvalue weighted by atomic mass is 9.63. The van der Waals surface area contributed by atoms with Gasteiger partial charge in [0.15, 0.2) is 0 Å². The molecule has 1 aliphatic carbocycles. The van der Waals surface area contributed by atoms with Gasteiger partial charge in [-0.2, -0.15) is 0 Å². The monoisotopic (exact) mass is 238 g/mol. The molecule has 2 unspecified atom stereocenters. The molecule has 0 aromatic heterocycles. The Bertz CT molecular complexity index is 354. The minimum atomic E-state index is 0.0680. The maximum absolute atomic E-state index is 10.4. The van der Waals surface area contributed by atoms with Crippen LogP contribution in [0, 0.1) is 10.8 Å². The van der Waals surface area contributed by atoms with Crippen molar-refractivity contribution in [3.8, 4) is 0 Å². The third-order valence-corrected chi connectivity index (χ3v) is 3.31. The molecule has 1 aliphatic rings. The molecule has 0 aromatic carbocycles. The Balaban J connectivity index is 2.85. The minimum Gasteiger partial charge on any atom is -0.232 e. The molecule has 0 bridgehead atoms. The van der Waals surface area contributed by atoms with Crippen molar-refractivity contribution in [1.29, 1.82) is 0 Å². The topological polar surface area (TPSA) is 41.8 Å². The van der Waals surface area contributed by atoms with Crippen molar-refractivity contribution in [3.63, 3.8) is 0 Å². The fourth-order valence-corrected chi connectivity index (χ4v) is 3.15. The van der Waals surface area contributed by atoms with Gasteiger partial charge in [-0.15, -0.1) is 0 Å². The van der Waals surface area contributed by atoms with Crippen LogP contribution >= 0.6 is 12.2 Å². The van der Waals surface area contributed by atoms with Gasteiger partial charge in [0.1, 0.15) is 0 Å². The normalized spacial score (nSPS) is 32.3. The third-order valence-electron chi connectivity index (χ3n) is 3.18. The van der Waals surface area contributed by atoms with Crippen molar-refractivity contribution >= 4 is 23.5 Å². The molecule has 0 saturated heterocycles. The van der Waals surface area contributed by atoms with E-state index in [0.29, 0.717) is 6.54 Å².